The summed E-state index contributed by atoms with van der Waals surface area (Å²) in [6.07, 6.45) is 3.84. The molecule has 0 atom stereocenters. The lowest BCUT2D eigenvalue weighted by molar-refractivity contribution is 0.0399. The summed E-state index contributed by atoms with van der Waals surface area (Å²) in [6.45, 7) is 1.80. The standard InChI is InChI=1S/C11H17BrN2S.ClH/c1-14(11(8-13)3-2-4-11)6-9-5-10(12)15-7-9;/h5,7H,2-4,6,8,13H2,1H3;1H. The van der Waals surface area contributed by atoms with Crippen molar-refractivity contribution in [2.75, 3.05) is 13.6 Å². The topological polar surface area (TPSA) is 29.3 Å². The number of hydrogen-bond donors (Lipinski definition) is 1. The van der Waals surface area contributed by atoms with E-state index in [1.165, 1.54) is 28.6 Å². The quantitative estimate of drug-likeness (QED) is 0.921. The van der Waals surface area contributed by atoms with E-state index < -0.39 is 0 Å². The van der Waals surface area contributed by atoms with Gasteiger partial charge in [0.05, 0.1) is 3.79 Å². The van der Waals surface area contributed by atoms with Gasteiger partial charge in [-0.3, -0.25) is 4.90 Å². The second kappa shape index (κ2) is 5.83. The number of halogens is 2. The van der Waals surface area contributed by atoms with Crippen molar-refractivity contribution in [1.82, 2.24) is 4.90 Å². The fourth-order valence-electron chi connectivity index (χ4n) is 2.20. The molecular weight excluding hydrogens is 308 g/mol. The van der Waals surface area contributed by atoms with Crippen LogP contribution in [0.15, 0.2) is 15.2 Å². The Morgan fingerprint density at radius 3 is 2.62 bits per heavy atom. The minimum atomic E-state index is 0. The van der Waals surface area contributed by atoms with Crippen LogP contribution in [0.4, 0.5) is 0 Å². The molecule has 5 heteroatoms. The van der Waals surface area contributed by atoms with Crippen LogP contribution in [0.3, 0.4) is 0 Å². The van der Waals surface area contributed by atoms with Crippen molar-refractivity contribution in [3.05, 3.63) is 20.8 Å². The lowest BCUT2D eigenvalue weighted by Crippen LogP contribution is -2.56. The third-order valence-electron chi connectivity index (χ3n) is 3.52. The average molecular weight is 326 g/mol. The Kier molecular flexibility index (Phi) is 5.26. The fourth-order valence-corrected chi connectivity index (χ4v) is 3.40. The van der Waals surface area contributed by atoms with Crippen LogP contribution in [-0.4, -0.2) is 24.0 Å². The molecule has 1 fully saturated rings. The number of thiophene rings is 1. The highest BCUT2D eigenvalue weighted by Crippen LogP contribution is 2.37. The maximum Gasteiger partial charge on any atom is 0.0701 e. The van der Waals surface area contributed by atoms with Crippen molar-refractivity contribution < 1.29 is 0 Å². The number of nitrogens with zero attached hydrogens (tertiary/aromatic N) is 1. The summed E-state index contributed by atoms with van der Waals surface area (Å²) in [5.74, 6) is 0. The third kappa shape index (κ3) is 2.79. The maximum atomic E-state index is 5.88. The SMILES string of the molecule is CN(Cc1csc(Br)c1)C1(CN)CCC1.Cl. The van der Waals surface area contributed by atoms with Gasteiger partial charge in [0.15, 0.2) is 0 Å². The molecule has 0 bridgehead atoms. The molecule has 1 aromatic heterocycles. The number of likely N-dealkylation sites (N-methyl/N-ethyl adjacent to an activating group) is 1. The zero-order chi connectivity index (χ0) is 10.9. The molecule has 2 nitrogen and oxygen atoms in total. The molecule has 16 heavy (non-hydrogen) atoms. The molecule has 92 valence electrons. The van der Waals surface area contributed by atoms with Crippen molar-refractivity contribution in [2.45, 2.75) is 31.3 Å². The Morgan fingerprint density at radius 1 is 1.56 bits per heavy atom. The van der Waals surface area contributed by atoms with Gasteiger partial charge in [0.1, 0.15) is 0 Å². The van der Waals surface area contributed by atoms with Gasteiger partial charge in [-0.25, -0.2) is 0 Å². The lowest BCUT2D eigenvalue weighted by Gasteiger charge is -2.48. The predicted molar refractivity (Wildman–Crippen MR) is 76.4 cm³/mol. The van der Waals surface area contributed by atoms with E-state index >= 15 is 0 Å². The van der Waals surface area contributed by atoms with E-state index in [4.69, 9.17) is 5.73 Å². The molecule has 0 radical (unpaired) electrons. The second-order valence-corrected chi connectivity index (χ2v) is 6.69. The first-order chi connectivity index (χ1) is 7.16. The van der Waals surface area contributed by atoms with Crippen LogP contribution in [0, 0.1) is 0 Å². The first-order valence-electron chi connectivity index (χ1n) is 5.30. The van der Waals surface area contributed by atoms with Crippen LogP contribution >= 0.6 is 39.7 Å². The van der Waals surface area contributed by atoms with E-state index in [1.54, 1.807) is 11.3 Å². The Labute approximate surface area is 116 Å². The molecule has 0 spiro atoms. The summed E-state index contributed by atoms with van der Waals surface area (Å²) in [5, 5.41) is 2.21. The summed E-state index contributed by atoms with van der Waals surface area (Å²) < 4.78 is 1.21. The molecule has 2 rings (SSSR count). The lowest BCUT2D eigenvalue weighted by atomic mass is 9.75. The molecule has 0 unspecified atom stereocenters. The molecule has 2 N–H and O–H groups in total. The highest BCUT2D eigenvalue weighted by Gasteiger charge is 2.39. The second-order valence-electron chi connectivity index (χ2n) is 4.40. The molecular formula is C11H18BrClN2S. The van der Waals surface area contributed by atoms with Crippen LogP contribution in [0.25, 0.3) is 0 Å². The maximum absolute atomic E-state index is 5.88. The Morgan fingerprint density at radius 2 is 2.25 bits per heavy atom. The van der Waals surface area contributed by atoms with E-state index in [0.717, 1.165) is 13.1 Å². The van der Waals surface area contributed by atoms with Gasteiger partial charge in [-0.15, -0.1) is 23.7 Å². The highest BCUT2D eigenvalue weighted by atomic mass is 79.9. The fraction of sp³-hybridized carbons (Fsp3) is 0.636. The van der Waals surface area contributed by atoms with Crippen LogP contribution in [-0.2, 0) is 6.54 Å². The van der Waals surface area contributed by atoms with E-state index in [2.05, 4.69) is 39.3 Å². The summed E-state index contributed by atoms with van der Waals surface area (Å²) in [5.41, 5.74) is 7.55. The Bertz CT molecular complexity index is 333. The molecule has 1 saturated carbocycles. The van der Waals surface area contributed by atoms with Gasteiger partial charge in [-0.05, 0) is 59.2 Å². The van der Waals surface area contributed by atoms with Crippen molar-refractivity contribution in [2.24, 2.45) is 5.73 Å². The van der Waals surface area contributed by atoms with Crippen molar-refractivity contribution in [3.8, 4) is 0 Å². The van der Waals surface area contributed by atoms with E-state index in [9.17, 15) is 0 Å². The molecule has 0 aromatic carbocycles. The Hall–Kier alpha value is 0.390. The first-order valence-corrected chi connectivity index (χ1v) is 6.98. The molecule has 0 saturated heterocycles. The van der Waals surface area contributed by atoms with E-state index in [-0.39, 0.29) is 17.9 Å². The van der Waals surface area contributed by atoms with Crippen LogP contribution in [0.2, 0.25) is 0 Å². The Balaban J connectivity index is 0.00000128. The zero-order valence-electron chi connectivity index (χ0n) is 9.41. The highest BCUT2D eigenvalue weighted by molar-refractivity contribution is 9.11. The minimum absolute atomic E-state index is 0. The van der Waals surface area contributed by atoms with Crippen molar-refractivity contribution >= 4 is 39.7 Å². The molecule has 1 heterocycles. The summed E-state index contributed by atoms with van der Waals surface area (Å²) >= 11 is 5.24. The van der Waals surface area contributed by atoms with Crippen LogP contribution < -0.4 is 5.73 Å². The summed E-state index contributed by atoms with van der Waals surface area (Å²) in [4.78, 5) is 2.42. The number of rotatable bonds is 4. The monoisotopic (exact) mass is 324 g/mol. The average Bonchev–Trinajstić information content (AvgIpc) is 2.50. The number of nitrogens with two attached hydrogens (primary N) is 1. The van der Waals surface area contributed by atoms with Crippen LogP contribution in [0.1, 0.15) is 24.8 Å². The van der Waals surface area contributed by atoms with Crippen molar-refractivity contribution in [3.63, 3.8) is 0 Å². The largest absolute Gasteiger partial charge is 0.329 e. The number of hydrogen-bond acceptors (Lipinski definition) is 3. The van der Waals surface area contributed by atoms with Gasteiger partial charge in [-0.2, -0.15) is 0 Å². The summed E-state index contributed by atoms with van der Waals surface area (Å²) in [7, 11) is 2.19. The minimum Gasteiger partial charge on any atom is -0.329 e. The first kappa shape index (κ1) is 14.5. The molecule has 0 aliphatic heterocycles. The predicted octanol–water partition coefficient (Wildman–Crippen LogP) is 3.25. The zero-order valence-corrected chi connectivity index (χ0v) is 12.6. The molecule has 1 aliphatic carbocycles. The summed E-state index contributed by atoms with van der Waals surface area (Å²) in [6, 6.07) is 2.20. The molecule has 0 amide bonds. The van der Waals surface area contributed by atoms with Gasteiger partial charge in [-0.1, -0.05) is 0 Å². The smallest absolute Gasteiger partial charge is 0.0701 e. The van der Waals surface area contributed by atoms with Gasteiger partial charge in [0.25, 0.3) is 0 Å². The van der Waals surface area contributed by atoms with Gasteiger partial charge in [0, 0.05) is 18.6 Å². The molecule has 1 aromatic rings. The normalized spacial score (nSPS) is 18.0. The van der Waals surface area contributed by atoms with Crippen LogP contribution in [0.5, 0.6) is 0 Å². The van der Waals surface area contributed by atoms with Gasteiger partial charge in [0.2, 0.25) is 0 Å². The molecule has 1 aliphatic rings. The van der Waals surface area contributed by atoms with E-state index in [1.807, 2.05) is 0 Å². The van der Waals surface area contributed by atoms with Gasteiger partial charge >= 0.3 is 0 Å². The van der Waals surface area contributed by atoms with Gasteiger partial charge < -0.3 is 5.73 Å². The third-order valence-corrected chi connectivity index (χ3v) is 5.07. The van der Waals surface area contributed by atoms with Crippen molar-refractivity contribution in [1.29, 1.82) is 0 Å². The van der Waals surface area contributed by atoms with E-state index in [0.29, 0.717) is 0 Å².